The van der Waals surface area contributed by atoms with Gasteiger partial charge in [-0.3, -0.25) is 0 Å². The minimum Gasteiger partial charge on any atom is -0.396 e. The third-order valence-electron chi connectivity index (χ3n) is 2.68. The Morgan fingerprint density at radius 3 is 3.00 bits per heavy atom. The van der Waals surface area contributed by atoms with Gasteiger partial charge in [-0.05, 0) is 18.4 Å². The van der Waals surface area contributed by atoms with E-state index in [0.717, 1.165) is 12.8 Å². The van der Waals surface area contributed by atoms with Crippen molar-refractivity contribution in [1.29, 1.82) is 5.26 Å². The zero-order valence-corrected chi connectivity index (χ0v) is 10.5. The Labute approximate surface area is 106 Å². The Hall–Kier alpha value is -1.31. The summed E-state index contributed by atoms with van der Waals surface area (Å²) in [6, 6.07) is 3.59. The second-order valence-corrected chi connectivity index (χ2v) is 4.18. The molecule has 0 radical (unpaired) electrons. The molecule has 5 heteroatoms. The van der Waals surface area contributed by atoms with Gasteiger partial charge in [-0.15, -0.1) is 0 Å². The van der Waals surface area contributed by atoms with Crippen LogP contribution in [0, 0.1) is 17.2 Å². The van der Waals surface area contributed by atoms with Gasteiger partial charge in [0.2, 0.25) is 0 Å². The van der Waals surface area contributed by atoms with E-state index in [1.165, 1.54) is 0 Å². The van der Waals surface area contributed by atoms with Gasteiger partial charge in [0.05, 0.1) is 5.56 Å². The van der Waals surface area contributed by atoms with Crippen LogP contribution in [0.1, 0.15) is 25.3 Å². The maximum absolute atomic E-state index is 8.89. The van der Waals surface area contributed by atoms with Crippen LogP contribution in [0.5, 0.6) is 0 Å². The summed E-state index contributed by atoms with van der Waals surface area (Å²) in [6.07, 6.45) is 3.28. The number of rotatable bonds is 6. The number of aliphatic hydroxyl groups excluding tert-OH is 1. The van der Waals surface area contributed by atoms with Gasteiger partial charge >= 0.3 is 0 Å². The molecule has 0 saturated carbocycles. The molecule has 17 heavy (non-hydrogen) atoms. The molecule has 1 aromatic rings. The Morgan fingerprint density at radius 2 is 2.41 bits per heavy atom. The zero-order valence-electron chi connectivity index (χ0n) is 9.78. The van der Waals surface area contributed by atoms with Crippen LogP contribution in [-0.4, -0.2) is 23.2 Å². The first-order chi connectivity index (χ1) is 8.22. The predicted molar refractivity (Wildman–Crippen MR) is 67.9 cm³/mol. The number of nitrogens with zero attached hydrogens (tertiary/aromatic N) is 2. The van der Waals surface area contributed by atoms with Gasteiger partial charge < -0.3 is 10.4 Å². The number of hydrogen-bond donors (Lipinski definition) is 2. The number of hydrogen-bond acceptors (Lipinski definition) is 4. The maximum atomic E-state index is 8.89. The summed E-state index contributed by atoms with van der Waals surface area (Å²) in [6.45, 7) is 2.95. The zero-order chi connectivity index (χ0) is 12.7. The molecule has 0 amide bonds. The molecule has 4 nitrogen and oxygen atoms in total. The standard InChI is InChI=1S/C12H16ClN3O/c1-2-9(4-6-17)8-16-12-11(13)10(7-14)3-5-15-12/h3,5,9,17H,2,4,6,8H2,1H3,(H,15,16). The summed E-state index contributed by atoms with van der Waals surface area (Å²) in [5, 5.41) is 21.2. The summed E-state index contributed by atoms with van der Waals surface area (Å²) < 4.78 is 0. The Bertz CT molecular complexity index is 403. The fourth-order valence-electron chi connectivity index (χ4n) is 1.53. The van der Waals surface area contributed by atoms with Crippen LogP contribution in [0.25, 0.3) is 0 Å². The average molecular weight is 254 g/mol. The highest BCUT2D eigenvalue weighted by atomic mass is 35.5. The molecular formula is C12H16ClN3O. The topological polar surface area (TPSA) is 68.9 Å². The molecule has 0 fully saturated rings. The van der Waals surface area contributed by atoms with Gasteiger partial charge in [0.1, 0.15) is 16.9 Å². The Morgan fingerprint density at radius 1 is 1.65 bits per heavy atom. The van der Waals surface area contributed by atoms with E-state index in [4.69, 9.17) is 22.0 Å². The van der Waals surface area contributed by atoms with Gasteiger partial charge in [-0.25, -0.2) is 4.98 Å². The summed E-state index contributed by atoms with van der Waals surface area (Å²) in [4.78, 5) is 4.10. The predicted octanol–water partition coefficient (Wildman–Crippen LogP) is 2.43. The van der Waals surface area contributed by atoms with E-state index in [-0.39, 0.29) is 6.61 Å². The number of aliphatic hydroxyl groups is 1. The average Bonchev–Trinajstić information content (AvgIpc) is 2.36. The largest absolute Gasteiger partial charge is 0.396 e. The summed E-state index contributed by atoms with van der Waals surface area (Å²) in [5.41, 5.74) is 0.416. The van der Waals surface area contributed by atoms with E-state index < -0.39 is 0 Å². The molecule has 0 bridgehead atoms. The molecule has 1 rings (SSSR count). The normalized spacial score (nSPS) is 11.9. The quantitative estimate of drug-likeness (QED) is 0.817. The minimum absolute atomic E-state index is 0.180. The van der Waals surface area contributed by atoms with Gasteiger partial charge in [-0.1, -0.05) is 24.9 Å². The van der Waals surface area contributed by atoms with Crippen molar-refractivity contribution in [2.24, 2.45) is 5.92 Å². The number of halogens is 1. The molecule has 0 spiro atoms. The molecule has 1 heterocycles. The lowest BCUT2D eigenvalue weighted by Gasteiger charge is -2.15. The number of aromatic nitrogens is 1. The van der Waals surface area contributed by atoms with Crippen molar-refractivity contribution in [3.63, 3.8) is 0 Å². The van der Waals surface area contributed by atoms with Crippen molar-refractivity contribution in [3.05, 3.63) is 22.8 Å². The molecule has 0 aromatic carbocycles. The second kappa shape index (κ2) is 7.10. The van der Waals surface area contributed by atoms with E-state index in [2.05, 4.69) is 17.2 Å². The number of nitriles is 1. The van der Waals surface area contributed by atoms with E-state index in [0.29, 0.717) is 28.9 Å². The van der Waals surface area contributed by atoms with E-state index in [9.17, 15) is 0 Å². The van der Waals surface area contributed by atoms with Crippen LogP contribution >= 0.6 is 11.6 Å². The van der Waals surface area contributed by atoms with Crippen LogP contribution < -0.4 is 5.32 Å². The second-order valence-electron chi connectivity index (χ2n) is 3.80. The van der Waals surface area contributed by atoms with Crippen molar-refractivity contribution in [1.82, 2.24) is 4.98 Å². The molecule has 0 aliphatic heterocycles. The van der Waals surface area contributed by atoms with Crippen molar-refractivity contribution >= 4 is 17.4 Å². The van der Waals surface area contributed by atoms with E-state index >= 15 is 0 Å². The Balaban J connectivity index is 2.66. The molecule has 0 saturated heterocycles. The van der Waals surface area contributed by atoms with Crippen LogP contribution in [-0.2, 0) is 0 Å². The SMILES string of the molecule is CCC(CCO)CNc1nccc(C#N)c1Cl. The molecule has 0 aliphatic carbocycles. The lowest BCUT2D eigenvalue weighted by molar-refractivity contribution is 0.258. The smallest absolute Gasteiger partial charge is 0.146 e. The maximum Gasteiger partial charge on any atom is 0.146 e. The molecular weight excluding hydrogens is 238 g/mol. The third-order valence-corrected chi connectivity index (χ3v) is 3.07. The molecule has 1 atom stereocenters. The van der Waals surface area contributed by atoms with Crippen LogP contribution in [0.2, 0.25) is 5.02 Å². The summed E-state index contributed by atoms with van der Waals surface area (Å²) >= 11 is 6.02. The lowest BCUT2D eigenvalue weighted by atomic mass is 10.0. The number of nitrogens with one attached hydrogen (secondary N) is 1. The monoisotopic (exact) mass is 253 g/mol. The highest BCUT2D eigenvalue weighted by Gasteiger charge is 2.09. The van der Waals surface area contributed by atoms with E-state index in [1.54, 1.807) is 12.3 Å². The van der Waals surface area contributed by atoms with Crippen molar-refractivity contribution in [3.8, 4) is 6.07 Å². The van der Waals surface area contributed by atoms with Crippen molar-refractivity contribution in [2.75, 3.05) is 18.5 Å². The Kier molecular flexibility index (Phi) is 5.75. The molecule has 1 unspecified atom stereocenters. The first-order valence-electron chi connectivity index (χ1n) is 5.62. The summed E-state index contributed by atoms with van der Waals surface area (Å²) in [5.74, 6) is 0.908. The fraction of sp³-hybridized carbons (Fsp3) is 0.500. The van der Waals surface area contributed by atoms with Crippen molar-refractivity contribution in [2.45, 2.75) is 19.8 Å². The third kappa shape index (κ3) is 3.88. The summed E-state index contributed by atoms with van der Waals surface area (Å²) in [7, 11) is 0. The first-order valence-corrected chi connectivity index (χ1v) is 6.00. The highest BCUT2D eigenvalue weighted by Crippen LogP contribution is 2.23. The van der Waals surface area contributed by atoms with Crippen LogP contribution in [0.3, 0.4) is 0 Å². The van der Waals surface area contributed by atoms with Gasteiger partial charge in [0, 0.05) is 19.3 Å². The van der Waals surface area contributed by atoms with Gasteiger partial charge in [-0.2, -0.15) is 5.26 Å². The highest BCUT2D eigenvalue weighted by molar-refractivity contribution is 6.34. The molecule has 2 N–H and O–H groups in total. The lowest BCUT2D eigenvalue weighted by Crippen LogP contribution is -2.16. The molecule has 0 aliphatic rings. The number of anilines is 1. The number of pyridine rings is 1. The minimum atomic E-state index is 0.180. The van der Waals surface area contributed by atoms with Crippen LogP contribution in [0.15, 0.2) is 12.3 Å². The van der Waals surface area contributed by atoms with Crippen molar-refractivity contribution < 1.29 is 5.11 Å². The fourth-order valence-corrected chi connectivity index (χ4v) is 1.75. The van der Waals surface area contributed by atoms with E-state index in [1.807, 2.05) is 6.07 Å². The first kappa shape index (κ1) is 13.8. The van der Waals surface area contributed by atoms with Gasteiger partial charge in [0.15, 0.2) is 0 Å². The van der Waals surface area contributed by atoms with Crippen LogP contribution in [0.4, 0.5) is 5.82 Å². The van der Waals surface area contributed by atoms with Gasteiger partial charge in [0.25, 0.3) is 0 Å². The molecule has 92 valence electrons. The molecule has 1 aromatic heterocycles.